The van der Waals surface area contributed by atoms with Gasteiger partial charge < -0.3 is 4.90 Å². The number of piperidine rings is 1. The molecule has 6 nitrogen and oxygen atoms in total. The molecular weight excluding hydrogens is 352 g/mol. The maximum Gasteiger partial charge on any atom is 0.253 e. The second-order valence-electron chi connectivity index (χ2n) is 7.14. The first-order valence-corrected chi connectivity index (χ1v) is 9.52. The van der Waals surface area contributed by atoms with Gasteiger partial charge in [0.15, 0.2) is 0 Å². The second-order valence-corrected chi connectivity index (χ2v) is 7.14. The highest BCUT2D eigenvalue weighted by atomic mass is 16.2. The number of Topliss-reactive ketones (excluding diaryl/α,β-unsaturated/α-hetero) is 1. The molecule has 2 heterocycles. The quantitative estimate of drug-likeness (QED) is 0.689. The predicted octanol–water partition coefficient (Wildman–Crippen LogP) is 2.93. The van der Waals surface area contributed by atoms with Gasteiger partial charge in [-0.05, 0) is 42.7 Å². The van der Waals surface area contributed by atoms with Crippen molar-refractivity contribution in [2.45, 2.75) is 19.3 Å². The molecule has 1 atom stereocenters. The minimum Gasteiger partial charge on any atom is -0.338 e. The van der Waals surface area contributed by atoms with E-state index in [1.54, 1.807) is 17.2 Å². The van der Waals surface area contributed by atoms with Crippen LogP contribution in [0.25, 0.3) is 5.69 Å². The van der Waals surface area contributed by atoms with Crippen LogP contribution in [0.15, 0.2) is 67.3 Å². The Balaban J connectivity index is 1.41. The fraction of sp³-hybridized carbons (Fsp3) is 0.273. The van der Waals surface area contributed by atoms with Gasteiger partial charge in [-0.1, -0.05) is 30.3 Å². The summed E-state index contributed by atoms with van der Waals surface area (Å²) in [6.45, 7) is 1.19. The Kier molecular flexibility index (Phi) is 5.28. The number of carbonyl (C=O) groups is 2. The molecule has 1 amide bonds. The molecule has 1 aromatic heterocycles. The molecular formula is C22H22N4O2. The summed E-state index contributed by atoms with van der Waals surface area (Å²) in [6.07, 6.45) is 5.37. The van der Waals surface area contributed by atoms with Crippen molar-refractivity contribution < 1.29 is 9.59 Å². The Morgan fingerprint density at radius 1 is 0.964 bits per heavy atom. The van der Waals surface area contributed by atoms with Crippen LogP contribution in [0.5, 0.6) is 0 Å². The highest BCUT2D eigenvalue weighted by molar-refractivity contribution is 5.95. The smallest absolute Gasteiger partial charge is 0.253 e. The summed E-state index contributed by atoms with van der Waals surface area (Å²) in [7, 11) is 0. The summed E-state index contributed by atoms with van der Waals surface area (Å²) in [5.74, 6) is 0.105. The van der Waals surface area contributed by atoms with Crippen LogP contribution in [-0.4, -0.2) is 44.4 Å². The van der Waals surface area contributed by atoms with Crippen LogP contribution in [-0.2, 0) is 11.2 Å². The van der Waals surface area contributed by atoms with Crippen molar-refractivity contribution >= 4 is 11.7 Å². The number of carbonyl (C=O) groups excluding carboxylic acids is 2. The van der Waals surface area contributed by atoms with Crippen LogP contribution in [0, 0.1) is 5.92 Å². The Morgan fingerprint density at radius 3 is 2.39 bits per heavy atom. The van der Waals surface area contributed by atoms with Crippen LogP contribution in [0.3, 0.4) is 0 Å². The zero-order chi connectivity index (χ0) is 19.3. The molecule has 4 rings (SSSR count). The Morgan fingerprint density at radius 2 is 1.68 bits per heavy atom. The molecule has 1 fully saturated rings. The first-order valence-electron chi connectivity index (χ1n) is 9.52. The third-order valence-corrected chi connectivity index (χ3v) is 5.22. The number of aromatic nitrogens is 3. The van der Waals surface area contributed by atoms with Gasteiger partial charge in [0.1, 0.15) is 18.4 Å². The van der Waals surface area contributed by atoms with Crippen LogP contribution < -0.4 is 0 Å². The van der Waals surface area contributed by atoms with E-state index in [-0.39, 0.29) is 17.6 Å². The van der Waals surface area contributed by atoms with E-state index >= 15 is 0 Å². The summed E-state index contributed by atoms with van der Waals surface area (Å²) in [4.78, 5) is 27.4. The molecule has 0 aliphatic carbocycles. The first kappa shape index (κ1) is 18.1. The number of rotatable bonds is 5. The topological polar surface area (TPSA) is 68.1 Å². The SMILES string of the molecule is O=C(Cc1ccccc1)[C@@H]1CCCN(C(=O)c2ccc(-n3cnnc3)cc2)C1. The van der Waals surface area contributed by atoms with Crippen LogP contribution in [0.2, 0.25) is 0 Å². The minimum absolute atomic E-state index is 0.0208. The molecule has 0 bridgehead atoms. The fourth-order valence-electron chi connectivity index (χ4n) is 3.66. The number of likely N-dealkylation sites (tertiary alicyclic amines) is 1. The summed E-state index contributed by atoms with van der Waals surface area (Å²) < 4.78 is 1.79. The van der Waals surface area contributed by atoms with E-state index in [2.05, 4.69) is 10.2 Å². The molecule has 142 valence electrons. The molecule has 6 heteroatoms. The van der Waals surface area contributed by atoms with Crippen LogP contribution in [0.4, 0.5) is 0 Å². The Labute approximate surface area is 163 Å². The fourth-order valence-corrected chi connectivity index (χ4v) is 3.66. The molecule has 3 aromatic rings. The lowest BCUT2D eigenvalue weighted by molar-refractivity contribution is -0.123. The molecule has 0 radical (unpaired) electrons. The molecule has 0 unspecified atom stereocenters. The number of benzene rings is 2. The molecule has 0 N–H and O–H groups in total. The van der Waals surface area contributed by atoms with E-state index in [9.17, 15) is 9.59 Å². The summed E-state index contributed by atoms with van der Waals surface area (Å²) >= 11 is 0. The maximum absolute atomic E-state index is 12.9. The van der Waals surface area contributed by atoms with Crippen molar-refractivity contribution in [3.8, 4) is 5.69 Å². The monoisotopic (exact) mass is 374 g/mol. The number of ketones is 1. The van der Waals surface area contributed by atoms with E-state index in [4.69, 9.17) is 0 Å². The zero-order valence-corrected chi connectivity index (χ0v) is 15.6. The van der Waals surface area contributed by atoms with Gasteiger partial charge in [0.2, 0.25) is 0 Å². The van der Waals surface area contributed by atoms with E-state index in [1.807, 2.05) is 59.5 Å². The second kappa shape index (κ2) is 8.17. The highest BCUT2D eigenvalue weighted by Crippen LogP contribution is 2.21. The van der Waals surface area contributed by atoms with Gasteiger partial charge in [-0.3, -0.25) is 14.2 Å². The number of amides is 1. The number of hydrogen-bond acceptors (Lipinski definition) is 4. The molecule has 1 saturated heterocycles. The van der Waals surface area contributed by atoms with Gasteiger partial charge >= 0.3 is 0 Å². The largest absolute Gasteiger partial charge is 0.338 e. The highest BCUT2D eigenvalue weighted by Gasteiger charge is 2.28. The molecule has 1 aliphatic heterocycles. The Bertz CT molecular complexity index is 936. The summed E-state index contributed by atoms with van der Waals surface area (Å²) in [5.41, 5.74) is 2.56. The third kappa shape index (κ3) is 4.01. The van der Waals surface area contributed by atoms with Gasteiger partial charge in [-0.25, -0.2) is 0 Å². The van der Waals surface area contributed by atoms with Crippen molar-refractivity contribution in [2.24, 2.45) is 5.92 Å². The third-order valence-electron chi connectivity index (χ3n) is 5.22. The number of nitrogens with zero attached hydrogens (tertiary/aromatic N) is 4. The molecule has 1 aliphatic rings. The lowest BCUT2D eigenvalue weighted by Gasteiger charge is -2.32. The van der Waals surface area contributed by atoms with Gasteiger partial charge in [-0.2, -0.15) is 0 Å². The lowest BCUT2D eigenvalue weighted by Crippen LogP contribution is -2.42. The standard InChI is InChI=1S/C22H22N4O2/c27-21(13-17-5-2-1-3-6-17)19-7-4-12-25(14-19)22(28)18-8-10-20(11-9-18)26-15-23-24-16-26/h1-3,5-6,8-11,15-16,19H,4,7,12-14H2/t19-/m1/s1. The maximum atomic E-state index is 12.9. The van der Waals surface area contributed by atoms with E-state index < -0.39 is 0 Å². The Hall–Kier alpha value is -3.28. The normalized spacial score (nSPS) is 16.7. The van der Waals surface area contributed by atoms with E-state index in [1.165, 1.54) is 0 Å². The van der Waals surface area contributed by atoms with Gasteiger partial charge in [0.25, 0.3) is 5.91 Å². The summed E-state index contributed by atoms with van der Waals surface area (Å²) in [5, 5.41) is 7.58. The average Bonchev–Trinajstić information content (AvgIpc) is 3.29. The van der Waals surface area contributed by atoms with Crippen LogP contribution in [0.1, 0.15) is 28.8 Å². The lowest BCUT2D eigenvalue weighted by atomic mass is 9.90. The van der Waals surface area contributed by atoms with Crippen molar-refractivity contribution in [2.75, 3.05) is 13.1 Å². The average molecular weight is 374 g/mol. The van der Waals surface area contributed by atoms with E-state index in [0.29, 0.717) is 25.1 Å². The predicted molar refractivity (Wildman–Crippen MR) is 105 cm³/mol. The van der Waals surface area contributed by atoms with Crippen molar-refractivity contribution in [3.63, 3.8) is 0 Å². The van der Waals surface area contributed by atoms with Crippen molar-refractivity contribution in [3.05, 3.63) is 78.4 Å². The van der Waals surface area contributed by atoms with Gasteiger partial charge in [0.05, 0.1) is 0 Å². The zero-order valence-electron chi connectivity index (χ0n) is 15.6. The molecule has 2 aromatic carbocycles. The summed E-state index contributed by atoms with van der Waals surface area (Å²) in [6, 6.07) is 17.2. The van der Waals surface area contributed by atoms with Gasteiger partial charge in [-0.15, -0.1) is 10.2 Å². The van der Waals surface area contributed by atoms with Gasteiger partial charge in [0, 0.05) is 36.7 Å². The van der Waals surface area contributed by atoms with Crippen LogP contribution >= 0.6 is 0 Å². The van der Waals surface area contributed by atoms with E-state index in [0.717, 1.165) is 24.1 Å². The molecule has 0 spiro atoms. The first-order chi connectivity index (χ1) is 13.7. The molecule has 0 saturated carbocycles. The number of hydrogen-bond donors (Lipinski definition) is 0. The van der Waals surface area contributed by atoms with Crippen molar-refractivity contribution in [1.29, 1.82) is 0 Å². The minimum atomic E-state index is -0.0887. The molecule has 28 heavy (non-hydrogen) atoms. The van der Waals surface area contributed by atoms with Crippen molar-refractivity contribution in [1.82, 2.24) is 19.7 Å².